The number of carbonyl (C=O) groups is 1. The number of fused-ring (bicyclic) bond motifs is 1. The highest BCUT2D eigenvalue weighted by atomic mass is 32.2. The van der Waals surface area contributed by atoms with E-state index in [0.717, 1.165) is 16.7 Å². The first-order valence-corrected chi connectivity index (χ1v) is 12.8. The number of hydrogen-bond acceptors (Lipinski definition) is 5. The molecule has 0 unspecified atom stereocenters. The summed E-state index contributed by atoms with van der Waals surface area (Å²) in [6, 6.07) is 17.1. The molecule has 0 aliphatic carbocycles. The summed E-state index contributed by atoms with van der Waals surface area (Å²) in [6.07, 6.45) is 0. The highest BCUT2D eigenvalue weighted by Gasteiger charge is 2.21. The average molecular weight is 504 g/mol. The van der Waals surface area contributed by atoms with Crippen LogP contribution in [0.5, 0.6) is 0 Å². The molecule has 3 aromatic carbocycles. The second-order valence-electron chi connectivity index (χ2n) is 8.87. The van der Waals surface area contributed by atoms with E-state index >= 15 is 0 Å². The van der Waals surface area contributed by atoms with Crippen LogP contribution in [0.25, 0.3) is 16.6 Å². The van der Waals surface area contributed by atoms with Crippen molar-refractivity contribution in [1.29, 1.82) is 0 Å². The van der Waals surface area contributed by atoms with E-state index in [1.807, 2.05) is 13.8 Å². The highest BCUT2D eigenvalue weighted by molar-refractivity contribution is 7.98. The molecule has 0 spiro atoms. The van der Waals surface area contributed by atoms with E-state index in [9.17, 15) is 14.0 Å². The van der Waals surface area contributed by atoms with Crippen LogP contribution in [0.1, 0.15) is 27.0 Å². The molecule has 1 fully saturated rings. The number of halogens is 1. The van der Waals surface area contributed by atoms with Crippen LogP contribution < -0.4 is 5.56 Å². The molecule has 0 radical (unpaired) electrons. The lowest BCUT2D eigenvalue weighted by Crippen LogP contribution is -2.40. The summed E-state index contributed by atoms with van der Waals surface area (Å²) in [5.41, 5.74) is 4.45. The summed E-state index contributed by atoms with van der Waals surface area (Å²) in [5.74, 6) is 0.0463. The first-order chi connectivity index (χ1) is 17.4. The Morgan fingerprint density at radius 3 is 2.64 bits per heavy atom. The number of hydrogen-bond donors (Lipinski definition) is 0. The first kappa shape index (κ1) is 24.2. The topological polar surface area (TPSA) is 64.4 Å². The fourth-order valence-corrected chi connectivity index (χ4v) is 5.36. The van der Waals surface area contributed by atoms with Gasteiger partial charge in [0.15, 0.2) is 5.16 Å². The highest BCUT2D eigenvalue weighted by Crippen LogP contribution is 2.27. The van der Waals surface area contributed by atoms with Crippen LogP contribution in [-0.2, 0) is 10.5 Å². The SMILES string of the molecule is Cc1ccc(C)c(CSc2nc3cc(C(=O)N4CCOCC4)ccc3c(=O)n2-c2cccc(F)c2)c1. The monoisotopic (exact) mass is 503 g/mol. The van der Waals surface area contributed by atoms with Crippen LogP contribution in [0.2, 0.25) is 0 Å². The van der Waals surface area contributed by atoms with E-state index in [-0.39, 0.29) is 11.5 Å². The number of rotatable bonds is 5. The van der Waals surface area contributed by atoms with Gasteiger partial charge in [-0.25, -0.2) is 9.37 Å². The Balaban J connectivity index is 1.60. The van der Waals surface area contributed by atoms with Crippen molar-refractivity contribution in [2.24, 2.45) is 0 Å². The molecular formula is C28H26FN3O3S. The van der Waals surface area contributed by atoms with Crippen molar-refractivity contribution in [1.82, 2.24) is 14.5 Å². The number of carbonyl (C=O) groups excluding carboxylic acids is 1. The molecule has 0 N–H and O–H groups in total. The Labute approximate surface area is 212 Å². The molecule has 184 valence electrons. The third-order valence-electron chi connectivity index (χ3n) is 6.31. The van der Waals surface area contributed by atoms with E-state index in [2.05, 4.69) is 18.2 Å². The van der Waals surface area contributed by atoms with Crippen molar-refractivity contribution in [3.63, 3.8) is 0 Å². The molecule has 1 amide bonds. The van der Waals surface area contributed by atoms with Crippen molar-refractivity contribution in [3.8, 4) is 5.69 Å². The molecule has 2 heterocycles. The summed E-state index contributed by atoms with van der Waals surface area (Å²) in [7, 11) is 0. The van der Waals surface area contributed by atoms with E-state index in [1.165, 1.54) is 28.5 Å². The maximum absolute atomic E-state index is 14.1. The Kier molecular flexibility index (Phi) is 6.89. The van der Waals surface area contributed by atoms with Gasteiger partial charge in [-0.1, -0.05) is 41.6 Å². The van der Waals surface area contributed by atoms with Crippen molar-refractivity contribution >= 4 is 28.6 Å². The number of thioether (sulfide) groups is 1. The van der Waals surface area contributed by atoms with Crippen LogP contribution in [0, 0.1) is 19.7 Å². The van der Waals surface area contributed by atoms with Gasteiger partial charge in [0.1, 0.15) is 5.82 Å². The Bertz CT molecular complexity index is 1510. The predicted molar refractivity (Wildman–Crippen MR) is 139 cm³/mol. The van der Waals surface area contributed by atoms with Crippen LogP contribution in [0.4, 0.5) is 4.39 Å². The van der Waals surface area contributed by atoms with E-state index < -0.39 is 5.82 Å². The lowest BCUT2D eigenvalue weighted by atomic mass is 10.1. The number of amides is 1. The van der Waals surface area contributed by atoms with Gasteiger partial charge >= 0.3 is 0 Å². The maximum atomic E-state index is 14.1. The van der Waals surface area contributed by atoms with Gasteiger partial charge in [-0.3, -0.25) is 14.2 Å². The summed E-state index contributed by atoms with van der Waals surface area (Å²) >= 11 is 1.41. The summed E-state index contributed by atoms with van der Waals surface area (Å²) in [4.78, 5) is 33.2. The second kappa shape index (κ2) is 10.2. The second-order valence-corrected chi connectivity index (χ2v) is 9.81. The number of aryl methyl sites for hydroxylation is 2. The number of morpholine rings is 1. The molecule has 4 aromatic rings. The average Bonchev–Trinajstić information content (AvgIpc) is 2.89. The molecule has 6 nitrogen and oxygen atoms in total. The molecular weight excluding hydrogens is 477 g/mol. The molecule has 1 saturated heterocycles. The molecule has 1 aromatic heterocycles. The maximum Gasteiger partial charge on any atom is 0.266 e. The minimum Gasteiger partial charge on any atom is -0.378 e. The number of aromatic nitrogens is 2. The largest absolute Gasteiger partial charge is 0.378 e. The van der Waals surface area contributed by atoms with Gasteiger partial charge in [0.05, 0.1) is 29.8 Å². The van der Waals surface area contributed by atoms with Gasteiger partial charge in [0.25, 0.3) is 11.5 Å². The fraction of sp³-hybridized carbons (Fsp3) is 0.250. The summed E-state index contributed by atoms with van der Waals surface area (Å²) in [6.45, 7) is 6.17. The molecule has 0 atom stereocenters. The number of ether oxygens (including phenoxy) is 1. The smallest absolute Gasteiger partial charge is 0.266 e. The first-order valence-electron chi connectivity index (χ1n) is 11.8. The lowest BCUT2D eigenvalue weighted by Gasteiger charge is -2.26. The van der Waals surface area contributed by atoms with Crippen molar-refractivity contribution < 1.29 is 13.9 Å². The van der Waals surface area contributed by atoms with Crippen molar-refractivity contribution in [2.45, 2.75) is 24.8 Å². The summed E-state index contributed by atoms with van der Waals surface area (Å²) in [5, 5.41) is 0.809. The Morgan fingerprint density at radius 1 is 1.06 bits per heavy atom. The molecule has 8 heteroatoms. The normalized spacial score (nSPS) is 13.8. The fourth-order valence-electron chi connectivity index (χ4n) is 4.29. The van der Waals surface area contributed by atoms with E-state index in [0.29, 0.717) is 59.4 Å². The molecule has 1 aliphatic heterocycles. The zero-order valence-corrected chi connectivity index (χ0v) is 21.0. The van der Waals surface area contributed by atoms with Gasteiger partial charge in [-0.05, 0) is 61.4 Å². The summed E-state index contributed by atoms with van der Waals surface area (Å²) < 4.78 is 20.9. The third kappa shape index (κ3) is 4.92. The zero-order valence-electron chi connectivity index (χ0n) is 20.2. The lowest BCUT2D eigenvalue weighted by molar-refractivity contribution is 0.0303. The third-order valence-corrected chi connectivity index (χ3v) is 7.30. The minimum atomic E-state index is -0.434. The van der Waals surface area contributed by atoms with Gasteiger partial charge in [0, 0.05) is 24.4 Å². The predicted octanol–water partition coefficient (Wildman–Crippen LogP) is 4.91. The van der Waals surface area contributed by atoms with Crippen LogP contribution >= 0.6 is 11.8 Å². The van der Waals surface area contributed by atoms with Crippen molar-refractivity contribution in [3.05, 3.63) is 99.1 Å². The van der Waals surface area contributed by atoms with E-state index in [1.54, 1.807) is 35.2 Å². The molecule has 0 saturated carbocycles. The quantitative estimate of drug-likeness (QED) is 0.286. The van der Waals surface area contributed by atoms with Crippen molar-refractivity contribution in [2.75, 3.05) is 26.3 Å². The molecule has 36 heavy (non-hydrogen) atoms. The number of nitrogens with zero attached hydrogens (tertiary/aromatic N) is 3. The van der Waals surface area contributed by atoms with Crippen LogP contribution in [-0.4, -0.2) is 46.7 Å². The van der Waals surface area contributed by atoms with E-state index in [4.69, 9.17) is 9.72 Å². The van der Waals surface area contributed by atoms with Gasteiger partial charge in [0.2, 0.25) is 0 Å². The Morgan fingerprint density at radius 2 is 1.86 bits per heavy atom. The van der Waals surface area contributed by atoms with Crippen LogP contribution in [0.15, 0.2) is 70.6 Å². The molecule has 5 rings (SSSR count). The van der Waals surface area contributed by atoms with Gasteiger partial charge in [-0.15, -0.1) is 0 Å². The minimum absolute atomic E-state index is 0.110. The molecule has 1 aliphatic rings. The molecule has 0 bridgehead atoms. The van der Waals surface area contributed by atoms with Crippen LogP contribution in [0.3, 0.4) is 0 Å². The number of benzene rings is 3. The zero-order chi connectivity index (χ0) is 25.2. The van der Waals surface area contributed by atoms with Gasteiger partial charge in [-0.2, -0.15) is 0 Å². The van der Waals surface area contributed by atoms with Gasteiger partial charge < -0.3 is 9.64 Å². The Hall–Kier alpha value is -3.49. The standard InChI is InChI=1S/C28H26FN3O3S/c1-18-6-7-19(2)21(14-18)17-36-28-30-25-15-20(26(33)31-10-12-35-13-11-31)8-9-24(25)27(34)32(28)23-5-3-4-22(29)16-23/h3-9,14-16H,10-13,17H2,1-2H3.